The minimum atomic E-state index is -3.73. The number of ether oxygens (including phenoxy) is 3. The number of thiazole rings is 1. The summed E-state index contributed by atoms with van der Waals surface area (Å²) in [7, 11) is -2.13. The summed E-state index contributed by atoms with van der Waals surface area (Å²) in [5.74, 6) is 0.101. The van der Waals surface area contributed by atoms with E-state index < -0.39 is 16.0 Å². The van der Waals surface area contributed by atoms with Crippen LogP contribution in [0.3, 0.4) is 0 Å². The molecule has 0 bridgehead atoms. The van der Waals surface area contributed by atoms with Crippen molar-refractivity contribution in [3.63, 3.8) is 0 Å². The second-order valence-electron chi connectivity index (χ2n) is 7.42. The fourth-order valence-electron chi connectivity index (χ4n) is 3.47. The van der Waals surface area contributed by atoms with E-state index in [0.717, 1.165) is 10.6 Å². The molecule has 0 radical (unpaired) electrons. The number of morpholine rings is 1. The molecule has 0 unspecified atom stereocenters. The van der Waals surface area contributed by atoms with Gasteiger partial charge in [0.05, 0.1) is 42.0 Å². The Morgan fingerprint density at radius 2 is 1.94 bits per heavy atom. The summed E-state index contributed by atoms with van der Waals surface area (Å²) in [6, 6.07) is 12.1. The lowest BCUT2D eigenvalue weighted by Crippen LogP contribution is -2.40. The number of methoxy groups -OCH3 is 1. The van der Waals surface area contributed by atoms with E-state index in [2.05, 4.69) is 4.98 Å². The highest BCUT2D eigenvalue weighted by molar-refractivity contribution is 7.89. The Bertz CT molecular complexity index is 1250. The molecule has 0 spiro atoms. The highest BCUT2D eigenvalue weighted by Crippen LogP contribution is 2.32. The van der Waals surface area contributed by atoms with E-state index in [-0.39, 0.29) is 30.2 Å². The third-order valence-corrected chi connectivity index (χ3v) is 8.22. The number of rotatable bonds is 7. The molecular formula is C23H24N2O6S2. The van der Waals surface area contributed by atoms with Gasteiger partial charge in [-0.2, -0.15) is 4.31 Å². The number of benzene rings is 2. The molecule has 174 valence electrons. The average molecular weight is 489 g/mol. The molecule has 0 N–H and O–H groups in total. The van der Waals surface area contributed by atoms with Crippen LogP contribution in [-0.2, 0) is 26.1 Å². The number of aryl methyl sites for hydroxylation is 1. The number of hydrogen-bond acceptors (Lipinski definition) is 8. The molecule has 2 heterocycles. The number of sulfonamides is 1. The lowest BCUT2D eigenvalue weighted by molar-refractivity contribution is 0.0468. The molecule has 0 amide bonds. The zero-order valence-electron chi connectivity index (χ0n) is 18.3. The Labute approximate surface area is 196 Å². The highest BCUT2D eigenvalue weighted by atomic mass is 32.2. The van der Waals surface area contributed by atoms with E-state index in [9.17, 15) is 13.2 Å². The van der Waals surface area contributed by atoms with E-state index in [0.29, 0.717) is 30.2 Å². The molecule has 3 aromatic rings. The standard InChI is InChI=1S/C23H24N2O6S2/c1-16-7-8-17(13-21(16)33(27,28)25-9-11-30-12-10-25)23(26)31-14-18-15-32-22(24-18)19-5-3-4-6-20(19)29-2/h3-8,13,15H,9-12,14H2,1-2H3. The lowest BCUT2D eigenvalue weighted by atomic mass is 10.1. The van der Waals surface area contributed by atoms with E-state index in [1.54, 1.807) is 26.2 Å². The van der Waals surface area contributed by atoms with Crippen molar-refractivity contribution in [1.29, 1.82) is 0 Å². The summed E-state index contributed by atoms with van der Waals surface area (Å²) in [6.45, 7) is 2.96. The van der Waals surface area contributed by atoms with Gasteiger partial charge in [0.15, 0.2) is 0 Å². The SMILES string of the molecule is COc1ccccc1-c1nc(COC(=O)c2ccc(C)c(S(=O)(=O)N3CCOCC3)c2)cs1. The molecule has 0 saturated carbocycles. The van der Waals surface area contributed by atoms with Crippen molar-refractivity contribution < 1.29 is 27.4 Å². The van der Waals surface area contributed by atoms with E-state index in [4.69, 9.17) is 14.2 Å². The van der Waals surface area contributed by atoms with Crippen LogP contribution in [0.25, 0.3) is 10.6 Å². The maximum atomic E-state index is 13.1. The van der Waals surface area contributed by atoms with Gasteiger partial charge >= 0.3 is 5.97 Å². The zero-order chi connectivity index (χ0) is 23.4. The molecule has 0 aliphatic carbocycles. The van der Waals surface area contributed by atoms with Crippen LogP contribution < -0.4 is 4.74 Å². The molecule has 2 aromatic carbocycles. The average Bonchev–Trinajstić information content (AvgIpc) is 3.32. The van der Waals surface area contributed by atoms with Gasteiger partial charge in [0.2, 0.25) is 10.0 Å². The topological polar surface area (TPSA) is 95.0 Å². The van der Waals surface area contributed by atoms with Gasteiger partial charge in [0.1, 0.15) is 17.4 Å². The summed E-state index contributed by atoms with van der Waals surface area (Å²) >= 11 is 1.43. The van der Waals surface area contributed by atoms with Crippen LogP contribution in [0.2, 0.25) is 0 Å². The Balaban J connectivity index is 1.47. The van der Waals surface area contributed by atoms with Crippen molar-refractivity contribution in [3.05, 3.63) is 64.7 Å². The van der Waals surface area contributed by atoms with Crippen LogP contribution in [0.15, 0.2) is 52.7 Å². The fourth-order valence-corrected chi connectivity index (χ4v) is 5.96. The van der Waals surface area contributed by atoms with E-state index in [1.807, 2.05) is 29.6 Å². The van der Waals surface area contributed by atoms with Crippen molar-refractivity contribution in [3.8, 4) is 16.3 Å². The molecule has 10 heteroatoms. The van der Waals surface area contributed by atoms with Gasteiger partial charge < -0.3 is 14.2 Å². The largest absolute Gasteiger partial charge is 0.496 e. The molecule has 1 saturated heterocycles. The maximum absolute atomic E-state index is 13.1. The van der Waals surface area contributed by atoms with Crippen molar-refractivity contribution in [1.82, 2.24) is 9.29 Å². The summed E-state index contributed by atoms with van der Waals surface area (Å²) in [4.78, 5) is 17.3. The second-order valence-corrected chi connectivity index (χ2v) is 10.2. The monoisotopic (exact) mass is 488 g/mol. The van der Waals surface area contributed by atoms with Gasteiger partial charge in [-0.1, -0.05) is 18.2 Å². The number of nitrogens with zero attached hydrogens (tertiary/aromatic N) is 2. The fraction of sp³-hybridized carbons (Fsp3) is 0.304. The zero-order valence-corrected chi connectivity index (χ0v) is 19.9. The van der Waals surface area contributed by atoms with Crippen molar-refractivity contribution >= 4 is 27.3 Å². The van der Waals surface area contributed by atoms with Gasteiger partial charge in [-0.3, -0.25) is 0 Å². The summed E-state index contributed by atoms with van der Waals surface area (Å²) in [5.41, 5.74) is 2.20. The summed E-state index contributed by atoms with van der Waals surface area (Å²) in [6.07, 6.45) is 0. The molecule has 1 aliphatic rings. The third-order valence-electron chi connectivity index (χ3n) is 5.25. The molecule has 33 heavy (non-hydrogen) atoms. The molecule has 0 atom stereocenters. The first-order valence-electron chi connectivity index (χ1n) is 10.3. The maximum Gasteiger partial charge on any atom is 0.338 e. The number of esters is 1. The van der Waals surface area contributed by atoms with Crippen LogP contribution in [0.5, 0.6) is 5.75 Å². The minimum Gasteiger partial charge on any atom is -0.496 e. The number of carbonyl (C=O) groups excluding carboxylic acids is 1. The normalized spacial score (nSPS) is 14.7. The molecule has 8 nitrogen and oxygen atoms in total. The smallest absolute Gasteiger partial charge is 0.338 e. The van der Waals surface area contributed by atoms with Crippen molar-refractivity contribution in [2.24, 2.45) is 0 Å². The quantitative estimate of drug-likeness (QED) is 0.470. The first-order chi connectivity index (χ1) is 15.9. The predicted octanol–water partition coefficient (Wildman–Crippen LogP) is 3.51. The Kier molecular flexibility index (Phi) is 7.08. The van der Waals surface area contributed by atoms with Crippen molar-refractivity contribution in [2.75, 3.05) is 33.4 Å². The number of para-hydroxylation sites is 1. The number of hydrogen-bond donors (Lipinski definition) is 0. The Morgan fingerprint density at radius 1 is 1.18 bits per heavy atom. The second kappa shape index (κ2) is 10.0. The minimum absolute atomic E-state index is 0.0239. The van der Waals surface area contributed by atoms with Crippen molar-refractivity contribution in [2.45, 2.75) is 18.4 Å². The molecular weight excluding hydrogens is 464 g/mol. The number of carbonyl (C=O) groups is 1. The first-order valence-corrected chi connectivity index (χ1v) is 12.7. The van der Waals surface area contributed by atoms with E-state index >= 15 is 0 Å². The predicted molar refractivity (Wildman–Crippen MR) is 124 cm³/mol. The molecule has 4 rings (SSSR count). The van der Waals surface area contributed by atoms with Crippen LogP contribution in [0.4, 0.5) is 0 Å². The van der Waals surface area contributed by atoms with E-state index in [1.165, 1.54) is 21.7 Å². The molecule has 1 aliphatic heterocycles. The molecule has 1 aromatic heterocycles. The van der Waals surface area contributed by atoms with Gasteiger partial charge in [0, 0.05) is 18.5 Å². The lowest BCUT2D eigenvalue weighted by Gasteiger charge is -2.26. The van der Waals surface area contributed by atoms with Gasteiger partial charge in [-0.15, -0.1) is 11.3 Å². The highest BCUT2D eigenvalue weighted by Gasteiger charge is 2.28. The van der Waals surface area contributed by atoms with Crippen LogP contribution in [-0.4, -0.2) is 57.1 Å². The third kappa shape index (κ3) is 5.09. The number of aromatic nitrogens is 1. The molecule has 1 fully saturated rings. The van der Waals surface area contributed by atoms with Crippen LogP contribution in [0, 0.1) is 6.92 Å². The summed E-state index contributed by atoms with van der Waals surface area (Å²) in [5, 5.41) is 2.58. The van der Waals surface area contributed by atoms with Crippen LogP contribution >= 0.6 is 11.3 Å². The van der Waals surface area contributed by atoms with Gasteiger partial charge in [-0.05, 0) is 36.8 Å². The summed E-state index contributed by atoms with van der Waals surface area (Å²) < 4.78 is 43.5. The first kappa shape index (κ1) is 23.4. The van der Waals surface area contributed by atoms with Crippen LogP contribution in [0.1, 0.15) is 21.6 Å². The van der Waals surface area contributed by atoms with Gasteiger partial charge in [-0.25, -0.2) is 18.2 Å². The Hall–Kier alpha value is -2.79. The Morgan fingerprint density at radius 3 is 2.70 bits per heavy atom. The van der Waals surface area contributed by atoms with Gasteiger partial charge in [0.25, 0.3) is 0 Å².